The van der Waals surface area contributed by atoms with E-state index in [0.29, 0.717) is 6.04 Å². The molecule has 5 heteroatoms. The fraction of sp³-hybridized carbons (Fsp3) is 0.944. The molecule has 23 heavy (non-hydrogen) atoms. The molecule has 136 valence electrons. The Kier molecular flexibility index (Phi) is 8.92. The van der Waals surface area contributed by atoms with Gasteiger partial charge in [0.15, 0.2) is 0 Å². The molecule has 0 aromatic heterocycles. The summed E-state index contributed by atoms with van der Waals surface area (Å²) in [4.78, 5) is 13.8. The molecule has 1 aliphatic heterocycles. The van der Waals surface area contributed by atoms with Crippen molar-refractivity contribution in [1.82, 2.24) is 10.2 Å². The predicted octanol–water partition coefficient (Wildman–Crippen LogP) is 3.57. The normalized spacial score (nSPS) is 18.0. The zero-order valence-corrected chi connectivity index (χ0v) is 15.7. The zero-order chi connectivity index (χ0) is 17.3. The van der Waals surface area contributed by atoms with Crippen molar-refractivity contribution in [2.24, 2.45) is 0 Å². The maximum Gasteiger partial charge on any atom is 0.410 e. The highest BCUT2D eigenvalue weighted by atomic mass is 16.6. The maximum absolute atomic E-state index is 12.0. The number of piperidine rings is 1. The Morgan fingerprint density at radius 2 is 1.96 bits per heavy atom. The smallest absolute Gasteiger partial charge is 0.410 e. The van der Waals surface area contributed by atoms with Gasteiger partial charge in [-0.1, -0.05) is 13.3 Å². The highest BCUT2D eigenvalue weighted by Crippen LogP contribution is 2.17. The molecule has 0 aliphatic carbocycles. The molecule has 0 aromatic carbocycles. The summed E-state index contributed by atoms with van der Waals surface area (Å²) in [6, 6.07) is 0.595. The van der Waals surface area contributed by atoms with Crippen LogP contribution in [0.15, 0.2) is 0 Å². The first-order chi connectivity index (χ1) is 10.8. The Labute approximate surface area is 142 Å². The van der Waals surface area contributed by atoms with Crippen LogP contribution < -0.4 is 5.32 Å². The Hall–Kier alpha value is -0.810. The van der Waals surface area contributed by atoms with Gasteiger partial charge in [-0.3, -0.25) is 0 Å². The van der Waals surface area contributed by atoms with Gasteiger partial charge >= 0.3 is 6.09 Å². The summed E-state index contributed by atoms with van der Waals surface area (Å²) in [6.07, 6.45) is 5.37. The third-order valence-corrected chi connectivity index (χ3v) is 3.98. The Bertz CT molecular complexity index is 334. The summed E-state index contributed by atoms with van der Waals surface area (Å²) in [5, 5.41) is 3.52. The van der Waals surface area contributed by atoms with Gasteiger partial charge in [0.2, 0.25) is 0 Å². The van der Waals surface area contributed by atoms with Crippen LogP contribution in [0.25, 0.3) is 0 Å². The zero-order valence-electron chi connectivity index (χ0n) is 15.7. The first-order valence-corrected chi connectivity index (χ1v) is 9.14. The van der Waals surface area contributed by atoms with Crippen molar-refractivity contribution >= 4 is 6.09 Å². The molecule has 1 rings (SSSR count). The molecule has 1 amide bonds. The summed E-state index contributed by atoms with van der Waals surface area (Å²) < 4.78 is 11.3. The van der Waals surface area contributed by atoms with Crippen LogP contribution in [0, 0.1) is 0 Å². The van der Waals surface area contributed by atoms with Crippen LogP contribution >= 0.6 is 0 Å². The number of hydrogen-bond donors (Lipinski definition) is 1. The molecule has 0 radical (unpaired) electrons. The summed E-state index contributed by atoms with van der Waals surface area (Å²) in [5.41, 5.74) is -0.424. The van der Waals surface area contributed by atoms with Gasteiger partial charge in [-0.15, -0.1) is 0 Å². The molecule has 1 heterocycles. The monoisotopic (exact) mass is 328 g/mol. The minimum atomic E-state index is -0.424. The van der Waals surface area contributed by atoms with E-state index < -0.39 is 5.60 Å². The molecule has 1 fully saturated rings. The van der Waals surface area contributed by atoms with E-state index in [9.17, 15) is 4.79 Å². The molecule has 0 aromatic rings. The number of likely N-dealkylation sites (tertiary alicyclic amines) is 1. The van der Waals surface area contributed by atoms with Gasteiger partial charge in [-0.2, -0.15) is 0 Å². The predicted molar refractivity (Wildman–Crippen MR) is 93.8 cm³/mol. The number of ether oxygens (including phenoxy) is 2. The van der Waals surface area contributed by atoms with Crippen LogP contribution in [0.5, 0.6) is 0 Å². The molecule has 1 aliphatic rings. The molecule has 1 unspecified atom stereocenters. The second-order valence-corrected chi connectivity index (χ2v) is 7.53. The topological polar surface area (TPSA) is 50.8 Å². The first-order valence-electron chi connectivity index (χ1n) is 9.14. The molecule has 0 saturated carbocycles. The molecule has 0 bridgehead atoms. The number of amides is 1. The van der Waals surface area contributed by atoms with Crippen molar-refractivity contribution in [3.05, 3.63) is 0 Å². The van der Waals surface area contributed by atoms with Crippen molar-refractivity contribution in [2.75, 3.05) is 26.2 Å². The summed E-state index contributed by atoms with van der Waals surface area (Å²) >= 11 is 0. The quantitative estimate of drug-likeness (QED) is 0.692. The Morgan fingerprint density at radius 3 is 2.52 bits per heavy atom. The van der Waals surface area contributed by atoms with Crippen LogP contribution in [0.3, 0.4) is 0 Å². The second kappa shape index (κ2) is 10.1. The van der Waals surface area contributed by atoms with Gasteiger partial charge < -0.3 is 19.7 Å². The lowest BCUT2D eigenvalue weighted by Gasteiger charge is -2.33. The number of nitrogens with one attached hydrogen (secondary N) is 1. The number of carbonyl (C=O) groups is 1. The van der Waals surface area contributed by atoms with Gasteiger partial charge in [0.1, 0.15) is 5.60 Å². The fourth-order valence-corrected chi connectivity index (χ4v) is 2.74. The fourth-order valence-electron chi connectivity index (χ4n) is 2.74. The summed E-state index contributed by atoms with van der Waals surface area (Å²) in [5.74, 6) is 0. The van der Waals surface area contributed by atoms with Crippen molar-refractivity contribution in [3.8, 4) is 0 Å². The lowest BCUT2D eigenvalue weighted by molar-refractivity contribution is -0.0117. The minimum Gasteiger partial charge on any atom is -0.444 e. The van der Waals surface area contributed by atoms with Crippen LogP contribution in [-0.2, 0) is 9.47 Å². The summed E-state index contributed by atoms with van der Waals surface area (Å²) in [6.45, 7) is 13.4. The van der Waals surface area contributed by atoms with E-state index in [1.807, 2.05) is 20.8 Å². The SMILES string of the molecule is CCCC(C)NCCCOC1CCN(C(=O)OC(C)(C)C)CC1. The van der Waals surface area contributed by atoms with E-state index >= 15 is 0 Å². The van der Waals surface area contributed by atoms with Crippen LogP contribution in [0.2, 0.25) is 0 Å². The van der Waals surface area contributed by atoms with Crippen molar-refractivity contribution < 1.29 is 14.3 Å². The lowest BCUT2D eigenvalue weighted by atomic mass is 10.1. The third kappa shape index (κ3) is 9.16. The van der Waals surface area contributed by atoms with E-state index in [2.05, 4.69) is 19.2 Å². The highest BCUT2D eigenvalue weighted by Gasteiger charge is 2.26. The first kappa shape index (κ1) is 20.2. The van der Waals surface area contributed by atoms with E-state index in [4.69, 9.17) is 9.47 Å². The van der Waals surface area contributed by atoms with Crippen molar-refractivity contribution in [1.29, 1.82) is 0 Å². The van der Waals surface area contributed by atoms with Gasteiger partial charge in [-0.25, -0.2) is 4.79 Å². The van der Waals surface area contributed by atoms with Crippen LogP contribution in [0.1, 0.15) is 66.7 Å². The summed E-state index contributed by atoms with van der Waals surface area (Å²) in [7, 11) is 0. The average Bonchev–Trinajstić information content (AvgIpc) is 2.46. The van der Waals surface area contributed by atoms with E-state index in [1.165, 1.54) is 12.8 Å². The van der Waals surface area contributed by atoms with Crippen molar-refractivity contribution in [3.63, 3.8) is 0 Å². The van der Waals surface area contributed by atoms with Crippen molar-refractivity contribution in [2.45, 2.75) is 84.5 Å². The molecule has 0 spiro atoms. The minimum absolute atomic E-state index is 0.204. The van der Waals surface area contributed by atoms with Gasteiger partial charge in [0, 0.05) is 25.7 Å². The highest BCUT2D eigenvalue weighted by molar-refractivity contribution is 5.68. The molecule has 5 nitrogen and oxygen atoms in total. The van der Waals surface area contributed by atoms with Gasteiger partial charge in [-0.05, 0) is 59.9 Å². The molecule has 1 N–H and O–H groups in total. The Balaban J connectivity index is 2.09. The van der Waals surface area contributed by atoms with Crippen LogP contribution in [0.4, 0.5) is 4.79 Å². The standard InChI is InChI=1S/C18H36N2O3/c1-6-8-15(2)19-11-7-14-22-16-9-12-20(13-10-16)17(21)23-18(3,4)5/h15-16,19H,6-14H2,1-5H3. The maximum atomic E-state index is 12.0. The van der Waals surface area contributed by atoms with Gasteiger partial charge in [0.05, 0.1) is 6.10 Å². The second-order valence-electron chi connectivity index (χ2n) is 7.53. The van der Waals surface area contributed by atoms with E-state index in [-0.39, 0.29) is 12.2 Å². The molecule has 1 atom stereocenters. The van der Waals surface area contributed by atoms with E-state index in [1.54, 1.807) is 4.90 Å². The lowest BCUT2D eigenvalue weighted by Crippen LogP contribution is -2.43. The largest absolute Gasteiger partial charge is 0.444 e. The average molecular weight is 328 g/mol. The van der Waals surface area contributed by atoms with E-state index in [0.717, 1.165) is 45.5 Å². The Morgan fingerprint density at radius 1 is 1.30 bits per heavy atom. The number of hydrogen-bond acceptors (Lipinski definition) is 4. The molecule has 1 saturated heterocycles. The van der Waals surface area contributed by atoms with Crippen LogP contribution in [-0.4, -0.2) is 55.0 Å². The molecular weight excluding hydrogens is 292 g/mol. The number of rotatable bonds is 8. The number of carbonyl (C=O) groups excluding carboxylic acids is 1. The van der Waals surface area contributed by atoms with Gasteiger partial charge in [0.25, 0.3) is 0 Å². The third-order valence-electron chi connectivity index (χ3n) is 3.98. The molecular formula is C18H36N2O3. The number of nitrogens with zero attached hydrogens (tertiary/aromatic N) is 1.